The lowest BCUT2D eigenvalue weighted by atomic mass is 10.1. The Bertz CT molecular complexity index is 955. The summed E-state index contributed by atoms with van der Waals surface area (Å²) in [5, 5.41) is 6.54. The van der Waals surface area contributed by atoms with Crippen LogP contribution in [0.25, 0.3) is 10.9 Å². The standard InChI is InChI=1S/C20H19N3O3/c1-3-26-20(25)16-12-22-17-10-9-13(19(24)21-2)11-15(17)18(16)23-14-7-5-4-6-8-14/h4-12H,3H2,1-2H3,(H,21,24)(H,22,23). The number of carbonyl (C=O) groups excluding carboxylic acids is 2. The molecule has 0 aliphatic heterocycles. The number of rotatable bonds is 5. The van der Waals surface area contributed by atoms with E-state index >= 15 is 0 Å². The van der Waals surface area contributed by atoms with E-state index in [4.69, 9.17) is 4.74 Å². The molecule has 2 N–H and O–H groups in total. The van der Waals surface area contributed by atoms with Crippen LogP contribution in [0.5, 0.6) is 0 Å². The van der Waals surface area contributed by atoms with Crippen LogP contribution in [0.15, 0.2) is 54.7 Å². The van der Waals surface area contributed by atoms with Gasteiger partial charge in [-0.15, -0.1) is 0 Å². The van der Waals surface area contributed by atoms with Crippen molar-refractivity contribution in [2.75, 3.05) is 19.0 Å². The number of nitrogens with one attached hydrogen (secondary N) is 2. The number of benzene rings is 2. The van der Waals surface area contributed by atoms with Crippen LogP contribution in [-0.4, -0.2) is 30.5 Å². The molecule has 0 aliphatic rings. The van der Waals surface area contributed by atoms with Crippen LogP contribution >= 0.6 is 0 Å². The molecule has 0 unspecified atom stereocenters. The average Bonchev–Trinajstić information content (AvgIpc) is 2.68. The van der Waals surface area contributed by atoms with Gasteiger partial charge in [0.05, 0.1) is 17.8 Å². The Hall–Kier alpha value is -3.41. The van der Waals surface area contributed by atoms with E-state index in [1.807, 2.05) is 30.3 Å². The topological polar surface area (TPSA) is 80.3 Å². The van der Waals surface area contributed by atoms with Crippen LogP contribution in [0, 0.1) is 0 Å². The first kappa shape index (κ1) is 17.4. The molecule has 3 rings (SSSR count). The molecule has 6 heteroatoms. The molecule has 0 saturated carbocycles. The number of amides is 1. The highest BCUT2D eigenvalue weighted by atomic mass is 16.5. The van der Waals surface area contributed by atoms with Crippen LogP contribution < -0.4 is 10.6 Å². The second-order valence-corrected chi connectivity index (χ2v) is 5.57. The lowest BCUT2D eigenvalue weighted by Gasteiger charge is -2.15. The minimum absolute atomic E-state index is 0.209. The van der Waals surface area contributed by atoms with E-state index in [2.05, 4.69) is 15.6 Å². The Morgan fingerprint density at radius 1 is 1.12 bits per heavy atom. The van der Waals surface area contributed by atoms with Gasteiger partial charge in [-0.2, -0.15) is 0 Å². The first-order valence-electron chi connectivity index (χ1n) is 8.28. The highest BCUT2D eigenvalue weighted by molar-refractivity contribution is 6.08. The first-order valence-corrected chi connectivity index (χ1v) is 8.28. The maximum absolute atomic E-state index is 12.4. The number of carbonyl (C=O) groups is 2. The third kappa shape index (κ3) is 3.49. The lowest BCUT2D eigenvalue weighted by molar-refractivity contribution is 0.0527. The molecular weight excluding hydrogens is 330 g/mol. The monoisotopic (exact) mass is 349 g/mol. The average molecular weight is 349 g/mol. The molecule has 0 aliphatic carbocycles. The van der Waals surface area contributed by atoms with Gasteiger partial charge in [0.25, 0.3) is 5.91 Å². The van der Waals surface area contributed by atoms with Crippen LogP contribution in [0.4, 0.5) is 11.4 Å². The number of hydrogen-bond acceptors (Lipinski definition) is 5. The van der Waals surface area contributed by atoms with E-state index in [-0.39, 0.29) is 12.5 Å². The predicted octanol–water partition coefficient (Wildman–Crippen LogP) is 3.51. The number of esters is 1. The highest BCUT2D eigenvalue weighted by Gasteiger charge is 2.18. The normalized spacial score (nSPS) is 10.4. The zero-order valence-electron chi connectivity index (χ0n) is 14.6. The summed E-state index contributed by atoms with van der Waals surface area (Å²) >= 11 is 0. The summed E-state index contributed by atoms with van der Waals surface area (Å²) in [5.41, 5.74) is 2.85. The number of hydrogen-bond donors (Lipinski definition) is 2. The third-order valence-electron chi connectivity index (χ3n) is 3.90. The Morgan fingerprint density at radius 2 is 1.88 bits per heavy atom. The maximum atomic E-state index is 12.4. The number of ether oxygens (including phenoxy) is 1. The van der Waals surface area contributed by atoms with Gasteiger partial charge >= 0.3 is 5.97 Å². The van der Waals surface area contributed by atoms with Gasteiger partial charge in [0.2, 0.25) is 0 Å². The first-order chi connectivity index (χ1) is 12.6. The van der Waals surface area contributed by atoms with Crippen molar-refractivity contribution in [3.63, 3.8) is 0 Å². The van der Waals surface area contributed by atoms with Crippen molar-refractivity contribution in [2.24, 2.45) is 0 Å². The Labute approximate surface area is 151 Å². The van der Waals surface area contributed by atoms with Gasteiger partial charge in [0, 0.05) is 29.9 Å². The third-order valence-corrected chi connectivity index (χ3v) is 3.90. The van der Waals surface area contributed by atoms with Crippen molar-refractivity contribution in [3.8, 4) is 0 Å². The van der Waals surface area contributed by atoms with E-state index in [1.165, 1.54) is 6.20 Å². The minimum atomic E-state index is -0.467. The van der Waals surface area contributed by atoms with Gasteiger partial charge < -0.3 is 15.4 Å². The van der Waals surface area contributed by atoms with Gasteiger partial charge in [-0.05, 0) is 37.3 Å². The molecule has 0 fully saturated rings. The Morgan fingerprint density at radius 3 is 2.58 bits per heavy atom. The van der Waals surface area contributed by atoms with E-state index in [0.717, 1.165) is 5.69 Å². The number of para-hydroxylation sites is 1. The van der Waals surface area contributed by atoms with E-state index in [1.54, 1.807) is 32.2 Å². The zero-order valence-corrected chi connectivity index (χ0v) is 14.6. The number of aromatic nitrogens is 1. The lowest BCUT2D eigenvalue weighted by Crippen LogP contribution is -2.17. The summed E-state index contributed by atoms with van der Waals surface area (Å²) in [7, 11) is 1.57. The predicted molar refractivity (Wildman–Crippen MR) is 101 cm³/mol. The fourth-order valence-corrected chi connectivity index (χ4v) is 2.64. The molecule has 0 saturated heterocycles. The summed E-state index contributed by atoms with van der Waals surface area (Å²) < 4.78 is 5.16. The molecule has 1 aromatic heterocycles. The van der Waals surface area contributed by atoms with Gasteiger partial charge in [-0.3, -0.25) is 9.78 Å². The molecule has 0 spiro atoms. The number of anilines is 2. The van der Waals surface area contributed by atoms with Crippen molar-refractivity contribution >= 4 is 34.2 Å². The molecule has 132 valence electrons. The number of nitrogens with zero attached hydrogens (tertiary/aromatic N) is 1. The van der Waals surface area contributed by atoms with E-state index in [9.17, 15) is 9.59 Å². The summed E-state index contributed by atoms with van der Waals surface area (Å²) in [6.45, 7) is 2.01. The van der Waals surface area contributed by atoms with Gasteiger partial charge in [-0.25, -0.2) is 4.79 Å². The number of pyridine rings is 1. The smallest absolute Gasteiger partial charge is 0.341 e. The highest BCUT2D eigenvalue weighted by Crippen LogP contribution is 2.30. The van der Waals surface area contributed by atoms with Crippen molar-refractivity contribution in [1.82, 2.24) is 10.3 Å². The molecule has 0 radical (unpaired) electrons. The van der Waals surface area contributed by atoms with Crippen LogP contribution in [0.1, 0.15) is 27.6 Å². The summed E-state index contributed by atoms with van der Waals surface area (Å²) in [5.74, 6) is -0.676. The molecule has 0 bridgehead atoms. The van der Waals surface area contributed by atoms with Gasteiger partial charge in [-0.1, -0.05) is 18.2 Å². The van der Waals surface area contributed by atoms with Crippen LogP contribution in [0.3, 0.4) is 0 Å². The Kier molecular flexibility index (Phi) is 5.12. The van der Waals surface area contributed by atoms with Crippen molar-refractivity contribution in [2.45, 2.75) is 6.92 Å². The fourth-order valence-electron chi connectivity index (χ4n) is 2.64. The molecular formula is C20H19N3O3. The summed E-state index contributed by atoms with van der Waals surface area (Å²) in [6, 6.07) is 14.7. The van der Waals surface area contributed by atoms with Gasteiger partial charge in [0.15, 0.2) is 0 Å². The van der Waals surface area contributed by atoms with Crippen LogP contribution in [0.2, 0.25) is 0 Å². The molecule has 0 atom stereocenters. The molecule has 1 amide bonds. The van der Waals surface area contributed by atoms with Crippen LogP contribution in [-0.2, 0) is 4.74 Å². The van der Waals surface area contributed by atoms with E-state index in [0.29, 0.717) is 27.7 Å². The van der Waals surface area contributed by atoms with E-state index < -0.39 is 5.97 Å². The van der Waals surface area contributed by atoms with Crippen molar-refractivity contribution in [3.05, 3.63) is 65.9 Å². The van der Waals surface area contributed by atoms with Crippen molar-refractivity contribution < 1.29 is 14.3 Å². The second kappa shape index (κ2) is 7.65. The minimum Gasteiger partial charge on any atom is -0.462 e. The fraction of sp³-hybridized carbons (Fsp3) is 0.150. The zero-order chi connectivity index (χ0) is 18.5. The molecule has 2 aromatic carbocycles. The maximum Gasteiger partial charge on any atom is 0.341 e. The molecule has 3 aromatic rings. The molecule has 26 heavy (non-hydrogen) atoms. The SMILES string of the molecule is CCOC(=O)c1cnc2ccc(C(=O)NC)cc2c1Nc1ccccc1. The quantitative estimate of drug-likeness (QED) is 0.689. The summed E-state index contributed by atoms with van der Waals surface area (Å²) in [4.78, 5) is 28.7. The van der Waals surface area contributed by atoms with Crippen molar-refractivity contribution in [1.29, 1.82) is 0 Å². The molecule has 1 heterocycles. The Balaban J connectivity index is 2.20. The molecule has 6 nitrogen and oxygen atoms in total. The number of fused-ring (bicyclic) bond motifs is 1. The largest absolute Gasteiger partial charge is 0.462 e. The second-order valence-electron chi connectivity index (χ2n) is 5.57. The summed E-state index contributed by atoms with van der Waals surface area (Å²) in [6.07, 6.45) is 1.49. The van der Waals surface area contributed by atoms with Gasteiger partial charge in [0.1, 0.15) is 5.56 Å².